The maximum atomic E-state index is 12.6. The second-order valence-electron chi connectivity index (χ2n) is 7.65. The zero-order valence-electron chi connectivity index (χ0n) is 15.0. The molecule has 1 aliphatic heterocycles. The van der Waals surface area contributed by atoms with E-state index in [1.54, 1.807) is 0 Å². The first kappa shape index (κ1) is 18.2. The van der Waals surface area contributed by atoms with Gasteiger partial charge in [0.1, 0.15) is 0 Å². The van der Waals surface area contributed by atoms with Crippen molar-refractivity contribution in [1.29, 1.82) is 0 Å². The second kappa shape index (κ2) is 7.65. The third kappa shape index (κ3) is 4.69. The van der Waals surface area contributed by atoms with Gasteiger partial charge >= 0.3 is 0 Å². The topological polar surface area (TPSA) is 67.4 Å². The molecule has 0 radical (unpaired) electrons. The van der Waals surface area contributed by atoms with E-state index in [0.717, 1.165) is 25.7 Å². The minimum atomic E-state index is -0.0778. The molecular formula is C18H32N2O3. The van der Waals surface area contributed by atoms with Crippen LogP contribution in [-0.2, 0) is 14.3 Å². The number of nitrogens with one attached hydrogen (secondary N) is 2. The van der Waals surface area contributed by atoms with E-state index < -0.39 is 0 Å². The summed E-state index contributed by atoms with van der Waals surface area (Å²) in [6.07, 6.45) is 6.28. The predicted molar refractivity (Wildman–Crippen MR) is 89.9 cm³/mol. The summed E-state index contributed by atoms with van der Waals surface area (Å²) in [5.74, 6) is 0.404. The van der Waals surface area contributed by atoms with Crippen molar-refractivity contribution in [2.75, 3.05) is 6.54 Å². The van der Waals surface area contributed by atoms with Gasteiger partial charge < -0.3 is 15.4 Å². The van der Waals surface area contributed by atoms with Crippen LogP contribution in [-0.4, -0.2) is 36.6 Å². The molecule has 2 aliphatic rings. The van der Waals surface area contributed by atoms with E-state index in [1.807, 2.05) is 6.92 Å². The lowest BCUT2D eigenvalue weighted by Crippen LogP contribution is -2.47. The van der Waals surface area contributed by atoms with Gasteiger partial charge in [0.2, 0.25) is 11.8 Å². The van der Waals surface area contributed by atoms with Crippen molar-refractivity contribution in [2.45, 2.75) is 84.5 Å². The summed E-state index contributed by atoms with van der Waals surface area (Å²) >= 11 is 0. The summed E-state index contributed by atoms with van der Waals surface area (Å²) in [6, 6.07) is 0.0823. The maximum Gasteiger partial charge on any atom is 0.220 e. The van der Waals surface area contributed by atoms with Gasteiger partial charge in [0, 0.05) is 25.8 Å². The summed E-state index contributed by atoms with van der Waals surface area (Å²) < 4.78 is 5.81. The van der Waals surface area contributed by atoms with Crippen LogP contribution >= 0.6 is 0 Å². The van der Waals surface area contributed by atoms with Crippen LogP contribution in [0.1, 0.15) is 66.2 Å². The van der Waals surface area contributed by atoms with Gasteiger partial charge in [-0.1, -0.05) is 26.2 Å². The quantitative estimate of drug-likeness (QED) is 0.816. The Balaban J connectivity index is 1.95. The number of hydrogen-bond acceptors (Lipinski definition) is 3. The van der Waals surface area contributed by atoms with E-state index in [1.165, 1.54) is 13.3 Å². The van der Waals surface area contributed by atoms with Crippen LogP contribution in [0.15, 0.2) is 0 Å². The Morgan fingerprint density at radius 2 is 1.74 bits per heavy atom. The summed E-state index contributed by atoms with van der Waals surface area (Å²) in [6.45, 7) is 8.37. The summed E-state index contributed by atoms with van der Waals surface area (Å²) in [7, 11) is 0. The monoisotopic (exact) mass is 324 g/mol. The number of rotatable bonds is 5. The number of hydrogen-bond donors (Lipinski definition) is 2. The first-order chi connectivity index (χ1) is 10.8. The van der Waals surface area contributed by atoms with Crippen molar-refractivity contribution < 1.29 is 14.3 Å². The highest BCUT2D eigenvalue weighted by Gasteiger charge is 2.40. The maximum absolute atomic E-state index is 12.6. The molecule has 1 saturated carbocycles. The summed E-state index contributed by atoms with van der Waals surface area (Å²) in [5, 5.41) is 6.13. The summed E-state index contributed by atoms with van der Waals surface area (Å²) in [4.78, 5) is 23.9. The van der Waals surface area contributed by atoms with Crippen molar-refractivity contribution in [3.05, 3.63) is 0 Å². The van der Waals surface area contributed by atoms with E-state index >= 15 is 0 Å². The molecule has 2 amide bonds. The molecule has 0 spiro atoms. The van der Waals surface area contributed by atoms with Crippen LogP contribution in [0.4, 0.5) is 0 Å². The molecular weight excluding hydrogens is 292 g/mol. The molecule has 4 atom stereocenters. The standard InChI is InChI=1S/C18H32N2O3/c1-12-13(2)23-14(3)17(12)20-16(22)10-18(11-19-15(4)21)8-6-5-7-9-18/h12-14,17H,5-11H2,1-4H3,(H,19,21)(H,20,22). The highest BCUT2D eigenvalue weighted by molar-refractivity contribution is 5.77. The van der Waals surface area contributed by atoms with Crippen molar-refractivity contribution in [2.24, 2.45) is 11.3 Å². The number of amides is 2. The van der Waals surface area contributed by atoms with Crippen LogP contribution in [0.25, 0.3) is 0 Å². The Bertz CT molecular complexity index is 432. The minimum absolute atomic E-state index is 0.0179. The van der Waals surface area contributed by atoms with E-state index in [2.05, 4.69) is 24.5 Å². The normalized spacial score (nSPS) is 33.2. The highest BCUT2D eigenvalue weighted by atomic mass is 16.5. The van der Waals surface area contributed by atoms with Gasteiger partial charge in [0.15, 0.2) is 0 Å². The Kier molecular flexibility index (Phi) is 6.06. The smallest absolute Gasteiger partial charge is 0.220 e. The number of carbonyl (C=O) groups is 2. The molecule has 0 aromatic carbocycles. The SMILES string of the molecule is CC(=O)NCC1(CC(=O)NC2C(C)OC(C)C2C)CCCCC1. The van der Waals surface area contributed by atoms with Crippen LogP contribution < -0.4 is 10.6 Å². The number of ether oxygens (including phenoxy) is 1. The largest absolute Gasteiger partial charge is 0.373 e. The van der Waals surface area contributed by atoms with Gasteiger partial charge in [-0.15, -0.1) is 0 Å². The fourth-order valence-electron chi connectivity index (χ4n) is 4.12. The van der Waals surface area contributed by atoms with Crippen molar-refractivity contribution in [3.8, 4) is 0 Å². The second-order valence-corrected chi connectivity index (χ2v) is 7.65. The lowest BCUT2D eigenvalue weighted by molar-refractivity contribution is -0.126. The molecule has 0 bridgehead atoms. The first-order valence-corrected chi connectivity index (χ1v) is 9.02. The zero-order chi connectivity index (χ0) is 17.0. The average Bonchev–Trinajstić information content (AvgIpc) is 2.73. The molecule has 4 unspecified atom stereocenters. The molecule has 0 aromatic rings. The van der Waals surface area contributed by atoms with Crippen molar-refractivity contribution >= 4 is 11.8 Å². The lowest BCUT2D eigenvalue weighted by Gasteiger charge is -2.37. The van der Waals surface area contributed by atoms with Crippen LogP contribution in [0.2, 0.25) is 0 Å². The first-order valence-electron chi connectivity index (χ1n) is 9.02. The molecule has 2 fully saturated rings. The third-order valence-electron chi connectivity index (χ3n) is 5.73. The predicted octanol–water partition coefficient (Wildman–Crippen LogP) is 2.39. The van der Waals surface area contributed by atoms with Gasteiger partial charge in [-0.2, -0.15) is 0 Å². The van der Waals surface area contributed by atoms with Gasteiger partial charge in [-0.25, -0.2) is 0 Å². The van der Waals surface area contributed by atoms with Crippen LogP contribution in [0, 0.1) is 11.3 Å². The highest BCUT2D eigenvalue weighted by Crippen LogP contribution is 2.39. The zero-order valence-corrected chi connectivity index (χ0v) is 15.0. The third-order valence-corrected chi connectivity index (χ3v) is 5.73. The van der Waals surface area contributed by atoms with Crippen LogP contribution in [0.5, 0.6) is 0 Å². The average molecular weight is 324 g/mol. The fraction of sp³-hybridized carbons (Fsp3) is 0.889. The lowest BCUT2D eigenvalue weighted by atomic mass is 9.71. The Morgan fingerprint density at radius 1 is 1.09 bits per heavy atom. The molecule has 1 aliphatic carbocycles. The minimum Gasteiger partial charge on any atom is -0.373 e. The van der Waals surface area contributed by atoms with E-state index in [0.29, 0.717) is 18.9 Å². The van der Waals surface area contributed by atoms with E-state index in [-0.39, 0.29) is 35.5 Å². The molecule has 23 heavy (non-hydrogen) atoms. The molecule has 5 heteroatoms. The summed E-state index contributed by atoms with van der Waals surface area (Å²) in [5.41, 5.74) is -0.0778. The van der Waals surface area contributed by atoms with Gasteiger partial charge in [0.05, 0.1) is 18.2 Å². The molecule has 5 nitrogen and oxygen atoms in total. The fourth-order valence-corrected chi connectivity index (χ4v) is 4.12. The van der Waals surface area contributed by atoms with E-state index in [4.69, 9.17) is 4.74 Å². The Labute approximate surface area is 139 Å². The molecule has 2 N–H and O–H groups in total. The van der Waals surface area contributed by atoms with Crippen LogP contribution in [0.3, 0.4) is 0 Å². The molecule has 1 heterocycles. The number of carbonyl (C=O) groups excluding carboxylic acids is 2. The Morgan fingerprint density at radius 3 is 2.26 bits per heavy atom. The molecule has 132 valence electrons. The van der Waals surface area contributed by atoms with Gasteiger partial charge in [-0.05, 0) is 32.1 Å². The van der Waals surface area contributed by atoms with Gasteiger partial charge in [-0.3, -0.25) is 9.59 Å². The molecule has 1 saturated heterocycles. The molecule has 2 rings (SSSR count). The molecule has 0 aromatic heterocycles. The van der Waals surface area contributed by atoms with E-state index in [9.17, 15) is 9.59 Å². The Hall–Kier alpha value is -1.10. The van der Waals surface area contributed by atoms with Gasteiger partial charge in [0.25, 0.3) is 0 Å². The van der Waals surface area contributed by atoms with Crippen molar-refractivity contribution in [1.82, 2.24) is 10.6 Å². The van der Waals surface area contributed by atoms with Crippen molar-refractivity contribution in [3.63, 3.8) is 0 Å².